The number of anilines is 1. The summed E-state index contributed by atoms with van der Waals surface area (Å²) < 4.78 is 0. The molecule has 0 aliphatic rings. The first-order chi connectivity index (χ1) is 10.1. The van der Waals surface area contributed by atoms with Crippen LogP contribution in [0.4, 0.5) is 5.69 Å². The van der Waals surface area contributed by atoms with Crippen LogP contribution in [0.5, 0.6) is 0 Å². The Labute approximate surface area is 132 Å². The topological polar surface area (TPSA) is 46.2 Å². The molecule has 108 valence electrons. The van der Waals surface area contributed by atoms with E-state index in [1.165, 1.54) is 18.7 Å². The molecule has 2 rings (SSSR count). The van der Waals surface area contributed by atoms with Gasteiger partial charge in [-0.2, -0.15) is 0 Å². The molecule has 0 bridgehead atoms. The van der Waals surface area contributed by atoms with E-state index in [0.29, 0.717) is 16.3 Å². The number of carbonyl (C=O) groups is 2. The van der Waals surface area contributed by atoms with E-state index in [9.17, 15) is 9.59 Å². The fraction of sp³-hybridized carbons (Fsp3) is 0.125. The molecule has 0 heterocycles. The maximum atomic E-state index is 12.1. The number of hydrogen-bond donors (Lipinski definition) is 1. The number of carbonyl (C=O) groups excluding carboxylic acids is 2. The van der Waals surface area contributed by atoms with Crippen LogP contribution in [0.15, 0.2) is 53.4 Å². The Morgan fingerprint density at radius 1 is 1.10 bits per heavy atom. The predicted molar refractivity (Wildman–Crippen MR) is 87.3 cm³/mol. The van der Waals surface area contributed by atoms with Crippen LogP contribution in [-0.2, 0) is 4.79 Å². The van der Waals surface area contributed by atoms with Gasteiger partial charge < -0.3 is 5.32 Å². The van der Waals surface area contributed by atoms with Crippen molar-refractivity contribution in [2.45, 2.75) is 11.8 Å². The molecule has 0 radical (unpaired) electrons. The molecule has 0 fully saturated rings. The monoisotopic (exact) mass is 319 g/mol. The van der Waals surface area contributed by atoms with Crippen molar-refractivity contribution < 1.29 is 9.59 Å². The normalized spacial score (nSPS) is 10.2. The molecule has 21 heavy (non-hydrogen) atoms. The first-order valence-corrected chi connectivity index (χ1v) is 7.71. The Morgan fingerprint density at radius 2 is 1.76 bits per heavy atom. The zero-order valence-electron chi connectivity index (χ0n) is 11.4. The summed E-state index contributed by atoms with van der Waals surface area (Å²) in [5.74, 6) is 0.212. The Kier molecular flexibility index (Phi) is 5.42. The molecule has 0 aliphatic heterocycles. The van der Waals surface area contributed by atoms with Crippen molar-refractivity contribution in [3.05, 3.63) is 59.1 Å². The zero-order chi connectivity index (χ0) is 15.2. The molecule has 0 spiro atoms. The Balaban J connectivity index is 1.95. The van der Waals surface area contributed by atoms with Crippen LogP contribution in [0.2, 0.25) is 5.02 Å². The van der Waals surface area contributed by atoms with E-state index in [1.54, 1.807) is 24.3 Å². The van der Waals surface area contributed by atoms with Crippen LogP contribution >= 0.6 is 23.4 Å². The van der Waals surface area contributed by atoms with Crippen molar-refractivity contribution >= 4 is 40.7 Å². The third-order valence-corrected chi connectivity index (χ3v) is 4.06. The van der Waals surface area contributed by atoms with Crippen molar-refractivity contribution in [1.82, 2.24) is 0 Å². The van der Waals surface area contributed by atoms with E-state index in [0.717, 1.165) is 10.6 Å². The average molecular weight is 320 g/mol. The summed E-state index contributed by atoms with van der Waals surface area (Å²) in [5.41, 5.74) is 1.28. The van der Waals surface area contributed by atoms with E-state index in [-0.39, 0.29) is 11.7 Å². The summed E-state index contributed by atoms with van der Waals surface area (Å²) in [6.07, 6.45) is 0. The summed E-state index contributed by atoms with van der Waals surface area (Å²) >= 11 is 7.44. The lowest BCUT2D eigenvalue weighted by Gasteiger charge is -2.05. The van der Waals surface area contributed by atoms with Crippen LogP contribution in [-0.4, -0.2) is 17.4 Å². The number of amides is 1. The van der Waals surface area contributed by atoms with Gasteiger partial charge in [0.05, 0.1) is 10.8 Å². The quantitative estimate of drug-likeness (QED) is 0.661. The fourth-order valence-electron chi connectivity index (χ4n) is 1.75. The third-order valence-electron chi connectivity index (χ3n) is 2.72. The summed E-state index contributed by atoms with van der Waals surface area (Å²) in [6.45, 7) is 1.46. The van der Waals surface area contributed by atoms with Gasteiger partial charge in [0.1, 0.15) is 0 Å². The van der Waals surface area contributed by atoms with Gasteiger partial charge in [0.15, 0.2) is 5.78 Å². The lowest BCUT2D eigenvalue weighted by atomic mass is 10.1. The molecule has 0 saturated heterocycles. The second-order valence-electron chi connectivity index (χ2n) is 4.40. The van der Waals surface area contributed by atoms with Crippen molar-refractivity contribution in [3.63, 3.8) is 0 Å². The van der Waals surface area contributed by atoms with E-state index >= 15 is 0 Å². The lowest BCUT2D eigenvalue weighted by molar-refractivity contribution is -0.114. The largest absolute Gasteiger partial charge is 0.326 e. The number of nitrogens with one attached hydrogen (secondary N) is 1. The minimum atomic E-state index is -0.107. The highest BCUT2D eigenvalue weighted by molar-refractivity contribution is 8.00. The summed E-state index contributed by atoms with van der Waals surface area (Å²) in [4.78, 5) is 24.0. The smallest absolute Gasteiger partial charge is 0.221 e. The molecule has 0 aliphatic carbocycles. The Hall–Kier alpha value is -1.78. The van der Waals surface area contributed by atoms with Gasteiger partial charge in [-0.25, -0.2) is 0 Å². The van der Waals surface area contributed by atoms with Gasteiger partial charge in [0, 0.05) is 23.1 Å². The van der Waals surface area contributed by atoms with Gasteiger partial charge >= 0.3 is 0 Å². The standard InChI is InChI=1S/C16H14ClNO2S/c1-11(19)18-12-6-8-13(9-7-12)21-10-16(20)14-4-2-3-5-15(14)17/h2-9H,10H2,1H3,(H,18,19). The second kappa shape index (κ2) is 7.29. The van der Waals surface area contributed by atoms with E-state index in [1.807, 2.05) is 24.3 Å². The molecule has 1 amide bonds. The molecular formula is C16H14ClNO2S. The van der Waals surface area contributed by atoms with Crippen LogP contribution in [0.3, 0.4) is 0 Å². The molecule has 0 unspecified atom stereocenters. The van der Waals surface area contributed by atoms with E-state index in [4.69, 9.17) is 11.6 Å². The molecule has 0 saturated carbocycles. The molecular weight excluding hydrogens is 306 g/mol. The molecule has 0 atom stereocenters. The van der Waals surface area contributed by atoms with Gasteiger partial charge in [-0.05, 0) is 36.4 Å². The van der Waals surface area contributed by atoms with E-state index < -0.39 is 0 Å². The number of benzene rings is 2. The minimum absolute atomic E-state index is 0.00321. The van der Waals surface area contributed by atoms with E-state index in [2.05, 4.69) is 5.32 Å². The predicted octanol–water partition coefficient (Wildman–Crippen LogP) is 4.27. The van der Waals surface area contributed by atoms with Gasteiger partial charge in [0.25, 0.3) is 0 Å². The molecule has 3 nitrogen and oxygen atoms in total. The lowest BCUT2D eigenvalue weighted by Crippen LogP contribution is -2.05. The Morgan fingerprint density at radius 3 is 2.38 bits per heavy atom. The van der Waals surface area contributed by atoms with Crippen LogP contribution < -0.4 is 5.32 Å². The minimum Gasteiger partial charge on any atom is -0.326 e. The molecule has 2 aromatic carbocycles. The van der Waals surface area contributed by atoms with Gasteiger partial charge in [-0.15, -0.1) is 11.8 Å². The molecule has 2 aromatic rings. The van der Waals surface area contributed by atoms with Crippen molar-refractivity contribution in [2.75, 3.05) is 11.1 Å². The average Bonchev–Trinajstić information content (AvgIpc) is 2.46. The third kappa shape index (κ3) is 4.62. The number of thioether (sulfide) groups is 1. The number of ketones is 1. The van der Waals surface area contributed by atoms with Crippen molar-refractivity contribution in [3.8, 4) is 0 Å². The number of hydrogen-bond acceptors (Lipinski definition) is 3. The maximum absolute atomic E-state index is 12.1. The van der Waals surface area contributed by atoms with Crippen molar-refractivity contribution in [1.29, 1.82) is 0 Å². The zero-order valence-corrected chi connectivity index (χ0v) is 13.0. The van der Waals surface area contributed by atoms with Gasteiger partial charge in [-0.1, -0.05) is 23.7 Å². The number of Topliss-reactive ketones (excluding diaryl/α,β-unsaturated/α-hetero) is 1. The Bertz CT molecular complexity index is 656. The highest BCUT2D eigenvalue weighted by Gasteiger charge is 2.10. The highest BCUT2D eigenvalue weighted by Crippen LogP contribution is 2.23. The van der Waals surface area contributed by atoms with Gasteiger partial charge in [0.2, 0.25) is 5.91 Å². The number of rotatable bonds is 5. The summed E-state index contributed by atoms with van der Waals surface area (Å²) in [5, 5.41) is 3.17. The molecule has 0 aromatic heterocycles. The number of halogens is 1. The summed E-state index contributed by atoms with van der Waals surface area (Å²) in [6, 6.07) is 14.4. The molecule has 1 N–H and O–H groups in total. The van der Waals surface area contributed by atoms with Gasteiger partial charge in [-0.3, -0.25) is 9.59 Å². The maximum Gasteiger partial charge on any atom is 0.221 e. The van der Waals surface area contributed by atoms with Crippen LogP contribution in [0, 0.1) is 0 Å². The van der Waals surface area contributed by atoms with Crippen LogP contribution in [0.25, 0.3) is 0 Å². The summed E-state index contributed by atoms with van der Waals surface area (Å²) in [7, 11) is 0. The first-order valence-electron chi connectivity index (χ1n) is 6.34. The van der Waals surface area contributed by atoms with Crippen LogP contribution in [0.1, 0.15) is 17.3 Å². The SMILES string of the molecule is CC(=O)Nc1ccc(SCC(=O)c2ccccc2Cl)cc1. The first kappa shape index (κ1) is 15.6. The van der Waals surface area contributed by atoms with Crippen molar-refractivity contribution in [2.24, 2.45) is 0 Å². The highest BCUT2D eigenvalue weighted by atomic mass is 35.5. The molecule has 5 heteroatoms. The second-order valence-corrected chi connectivity index (χ2v) is 5.85. The fourth-order valence-corrected chi connectivity index (χ4v) is 2.77.